The van der Waals surface area contributed by atoms with E-state index in [-0.39, 0.29) is 5.41 Å². The van der Waals surface area contributed by atoms with Crippen molar-refractivity contribution in [3.63, 3.8) is 0 Å². The minimum atomic E-state index is -3.02. The van der Waals surface area contributed by atoms with Crippen LogP contribution >= 0.6 is 0 Å². The average molecular weight is 329 g/mol. The third kappa shape index (κ3) is 1.82. The highest BCUT2D eigenvalue weighted by Gasteiger charge is 2.57. The molecule has 3 heterocycles. The fourth-order valence-corrected chi connectivity index (χ4v) is 5.84. The highest BCUT2D eigenvalue weighted by atomic mass is 32.2. The fourth-order valence-electron chi connectivity index (χ4n) is 4.82. The van der Waals surface area contributed by atoms with E-state index in [1.165, 1.54) is 23.1 Å². The normalized spacial score (nSPS) is 25.7. The number of fused-ring (bicyclic) bond motifs is 3. The predicted molar refractivity (Wildman–Crippen MR) is 87.4 cm³/mol. The smallest absolute Gasteiger partial charge is 0.211 e. The van der Waals surface area contributed by atoms with Gasteiger partial charge in [-0.25, -0.2) is 17.7 Å². The zero-order chi connectivity index (χ0) is 15.8. The van der Waals surface area contributed by atoms with Gasteiger partial charge in [-0.05, 0) is 29.7 Å². The Labute approximate surface area is 136 Å². The monoisotopic (exact) mass is 329 g/mol. The van der Waals surface area contributed by atoms with Gasteiger partial charge < -0.3 is 4.57 Å². The van der Waals surface area contributed by atoms with Crippen LogP contribution in [0, 0.1) is 11.3 Å². The Bertz CT molecular complexity index is 888. The Kier molecular flexibility index (Phi) is 2.54. The van der Waals surface area contributed by atoms with E-state index in [0.29, 0.717) is 25.0 Å². The van der Waals surface area contributed by atoms with Crippen LogP contribution in [0.1, 0.15) is 24.4 Å². The van der Waals surface area contributed by atoms with Crippen molar-refractivity contribution in [1.82, 2.24) is 13.9 Å². The van der Waals surface area contributed by atoms with E-state index < -0.39 is 10.0 Å². The van der Waals surface area contributed by atoms with Crippen LogP contribution < -0.4 is 0 Å². The van der Waals surface area contributed by atoms with E-state index in [1.54, 1.807) is 4.31 Å². The highest BCUT2D eigenvalue weighted by molar-refractivity contribution is 7.88. The van der Waals surface area contributed by atoms with E-state index in [9.17, 15) is 8.42 Å². The lowest BCUT2D eigenvalue weighted by Gasteiger charge is -2.59. The van der Waals surface area contributed by atoms with Gasteiger partial charge in [0.15, 0.2) is 0 Å². The molecule has 1 saturated heterocycles. The molecule has 5 rings (SSSR count). The zero-order valence-corrected chi connectivity index (χ0v) is 13.8. The van der Waals surface area contributed by atoms with Crippen LogP contribution in [-0.4, -0.2) is 41.6 Å². The highest BCUT2D eigenvalue weighted by Crippen LogP contribution is 2.59. The third-order valence-electron chi connectivity index (χ3n) is 5.85. The van der Waals surface area contributed by atoms with Crippen molar-refractivity contribution in [3.05, 3.63) is 42.4 Å². The Morgan fingerprint density at radius 1 is 1.22 bits per heavy atom. The van der Waals surface area contributed by atoms with Gasteiger partial charge >= 0.3 is 0 Å². The van der Waals surface area contributed by atoms with E-state index >= 15 is 0 Å². The molecule has 23 heavy (non-hydrogen) atoms. The molecule has 1 aromatic heterocycles. The first-order valence-electron chi connectivity index (χ1n) is 8.03. The van der Waals surface area contributed by atoms with Crippen molar-refractivity contribution in [2.45, 2.75) is 18.9 Å². The van der Waals surface area contributed by atoms with Gasteiger partial charge in [-0.15, -0.1) is 0 Å². The Morgan fingerprint density at radius 3 is 2.70 bits per heavy atom. The molecular formula is C17H19N3O2S. The van der Waals surface area contributed by atoms with E-state index in [2.05, 4.69) is 33.8 Å². The van der Waals surface area contributed by atoms with Gasteiger partial charge in [0.05, 0.1) is 30.5 Å². The van der Waals surface area contributed by atoms with Crippen LogP contribution in [0.25, 0.3) is 11.3 Å². The van der Waals surface area contributed by atoms with Crippen molar-refractivity contribution in [2.24, 2.45) is 11.3 Å². The molecule has 5 nitrogen and oxygen atoms in total. The minimum absolute atomic E-state index is 0.228. The molecule has 1 aromatic carbocycles. The first kappa shape index (κ1) is 13.7. The van der Waals surface area contributed by atoms with E-state index in [4.69, 9.17) is 0 Å². The number of aromatic nitrogens is 2. The molecule has 6 heteroatoms. The molecular weight excluding hydrogens is 310 g/mol. The topological polar surface area (TPSA) is 55.2 Å². The van der Waals surface area contributed by atoms with Crippen molar-refractivity contribution in [3.8, 4) is 11.3 Å². The van der Waals surface area contributed by atoms with Crippen LogP contribution in [0.2, 0.25) is 0 Å². The zero-order valence-electron chi connectivity index (χ0n) is 13.0. The number of benzene rings is 1. The van der Waals surface area contributed by atoms with Crippen LogP contribution in [0.15, 0.2) is 36.8 Å². The number of rotatable bonds is 2. The van der Waals surface area contributed by atoms with Crippen molar-refractivity contribution in [2.75, 3.05) is 19.3 Å². The van der Waals surface area contributed by atoms with Gasteiger partial charge in [-0.2, -0.15) is 0 Å². The largest absolute Gasteiger partial charge is 0.323 e. The summed E-state index contributed by atoms with van der Waals surface area (Å²) in [6.07, 6.45) is 7.41. The summed E-state index contributed by atoms with van der Waals surface area (Å²) in [5.41, 5.74) is 4.12. The quantitative estimate of drug-likeness (QED) is 0.848. The lowest BCUT2D eigenvalue weighted by molar-refractivity contribution is -0.0639. The number of hydrogen-bond acceptors (Lipinski definition) is 3. The first-order chi connectivity index (χ1) is 11.0. The van der Waals surface area contributed by atoms with Gasteiger partial charge in [-0.3, -0.25) is 0 Å². The Hall–Kier alpha value is -1.66. The molecule has 0 bridgehead atoms. The molecule has 1 saturated carbocycles. The second-order valence-corrected chi connectivity index (χ2v) is 9.40. The van der Waals surface area contributed by atoms with Crippen LogP contribution in [-0.2, 0) is 10.0 Å². The standard InChI is InChI=1S/C17H19N3O2S/c1-23(21,22)19-9-17(10-19)6-12(7-17)16-14-5-3-2-4-13(14)15-8-18-11-20(15)16/h2-5,8,11-12,16H,6-7,9-10H2,1H3. The Morgan fingerprint density at radius 2 is 1.96 bits per heavy atom. The van der Waals surface area contributed by atoms with E-state index in [0.717, 1.165) is 12.8 Å². The summed E-state index contributed by atoms with van der Waals surface area (Å²) in [5, 5.41) is 0. The lowest BCUT2D eigenvalue weighted by Crippen LogP contribution is -2.64. The second-order valence-electron chi connectivity index (χ2n) is 7.42. The molecule has 0 amide bonds. The van der Waals surface area contributed by atoms with Crippen LogP contribution in [0.3, 0.4) is 0 Å². The summed E-state index contributed by atoms with van der Waals surface area (Å²) in [5.74, 6) is 0.577. The molecule has 2 aromatic rings. The summed E-state index contributed by atoms with van der Waals surface area (Å²) in [7, 11) is -3.02. The molecule has 1 aliphatic carbocycles. The maximum absolute atomic E-state index is 11.6. The molecule has 1 spiro atoms. The fraction of sp³-hybridized carbons (Fsp3) is 0.471. The second kappa shape index (κ2) is 4.24. The van der Waals surface area contributed by atoms with Crippen molar-refractivity contribution in [1.29, 1.82) is 0 Å². The Balaban J connectivity index is 1.40. The van der Waals surface area contributed by atoms with Gasteiger partial charge in [0.25, 0.3) is 0 Å². The van der Waals surface area contributed by atoms with Crippen molar-refractivity contribution >= 4 is 10.0 Å². The number of nitrogens with zero attached hydrogens (tertiary/aromatic N) is 3. The molecule has 2 fully saturated rings. The third-order valence-corrected chi connectivity index (χ3v) is 7.05. The summed E-state index contributed by atoms with van der Waals surface area (Å²) < 4.78 is 27.1. The SMILES string of the molecule is CS(=O)(=O)N1CC2(CC(C3c4ccccc4-c4cncn43)C2)C1. The van der Waals surface area contributed by atoms with Gasteiger partial charge in [0.2, 0.25) is 10.0 Å². The van der Waals surface area contributed by atoms with Crippen molar-refractivity contribution < 1.29 is 8.42 Å². The minimum Gasteiger partial charge on any atom is -0.323 e. The summed E-state index contributed by atoms with van der Waals surface area (Å²) >= 11 is 0. The molecule has 0 N–H and O–H groups in total. The van der Waals surface area contributed by atoms with Crippen LogP contribution in [0.5, 0.6) is 0 Å². The maximum Gasteiger partial charge on any atom is 0.211 e. The molecule has 120 valence electrons. The number of sulfonamides is 1. The summed E-state index contributed by atoms with van der Waals surface area (Å²) in [4.78, 5) is 4.32. The molecule has 3 aliphatic rings. The summed E-state index contributed by atoms with van der Waals surface area (Å²) in [6, 6.07) is 8.95. The van der Waals surface area contributed by atoms with Gasteiger partial charge in [0, 0.05) is 18.7 Å². The average Bonchev–Trinajstić information content (AvgIpc) is 2.96. The van der Waals surface area contributed by atoms with Gasteiger partial charge in [-0.1, -0.05) is 24.3 Å². The maximum atomic E-state index is 11.6. The number of imidazole rings is 1. The lowest BCUT2D eigenvalue weighted by atomic mass is 9.56. The van der Waals surface area contributed by atoms with Crippen LogP contribution in [0.4, 0.5) is 0 Å². The first-order valence-corrected chi connectivity index (χ1v) is 9.88. The summed E-state index contributed by atoms with van der Waals surface area (Å²) in [6.45, 7) is 1.40. The van der Waals surface area contributed by atoms with E-state index in [1.807, 2.05) is 12.5 Å². The number of hydrogen-bond donors (Lipinski definition) is 0. The molecule has 1 unspecified atom stereocenters. The molecule has 1 atom stereocenters. The van der Waals surface area contributed by atoms with Gasteiger partial charge in [0.1, 0.15) is 0 Å². The molecule has 2 aliphatic heterocycles. The predicted octanol–water partition coefficient (Wildman–Crippen LogP) is 2.12. The molecule has 0 radical (unpaired) electrons.